The first kappa shape index (κ1) is 19.9. The Morgan fingerprint density at radius 3 is 2.43 bits per heavy atom. The molecule has 28 heavy (non-hydrogen) atoms. The Kier molecular flexibility index (Phi) is 6.66. The Morgan fingerprint density at radius 1 is 1.07 bits per heavy atom. The van der Waals surface area contributed by atoms with E-state index in [4.69, 9.17) is 16.3 Å². The second kappa shape index (κ2) is 9.38. The number of halogens is 1. The first-order chi connectivity index (χ1) is 13.6. The molecule has 1 atom stereocenters. The lowest BCUT2D eigenvalue weighted by atomic mass is 10.1. The maximum atomic E-state index is 13.2. The summed E-state index contributed by atoms with van der Waals surface area (Å²) in [6.07, 6.45) is 1.95. The summed E-state index contributed by atoms with van der Waals surface area (Å²) in [7, 11) is 0. The predicted octanol–water partition coefficient (Wildman–Crippen LogP) is 5.30. The highest BCUT2D eigenvalue weighted by atomic mass is 35.5. The van der Waals surface area contributed by atoms with Gasteiger partial charge in [-0.15, -0.1) is 0 Å². The highest BCUT2D eigenvalue weighted by Crippen LogP contribution is 2.22. The van der Waals surface area contributed by atoms with Crippen molar-refractivity contribution in [1.29, 1.82) is 0 Å². The molecule has 3 rings (SSSR count). The van der Waals surface area contributed by atoms with Gasteiger partial charge in [0, 0.05) is 11.2 Å². The molecular formula is C23H23ClN2O2. The SMILES string of the molecule is CCc1ccc(O[C@H](C)C(=O)N(Cc2ccccc2Cl)c2ccccn2)cc1. The number of benzene rings is 2. The van der Waals surface area contributed by atoms with E-state index >= 15 is 0 Å². The van der Waals surface area contributed by atoms with E-state index in [1.807, 2.05) is 60.7 Å². The quantitative estimate of drug-likeness (QED) is 0.546. The van der Waals surface area contributed by atoms with Crippen molar-refractivity contribution in [3.05, 3.63) is 89.1 Å². The molecule has 0 spiro atoms. The van der Waals surface area contributed by atoms with Crippen LogP contribution in [0.25, 0.3) is 0 Å². The number of rotatable bonds is 7. The zero-order valence-electron chi connectivity index (χ0n) is 16.0. The standard InChI is InChI=1S/C23H23ClN2O2/c1-3-18-11-13-20(14-12-18)28-17(2)23(27)26(22-10-6-7-15-25-22)16-19-8-4-5-9-21(19)24/h4-15,17H,3,16H2,1-2H3/t17-/m1/s1. The molecule has 0 aliphatic carbocycles. The molecule has 4 nitrogen and oxygen atoms in total. The van der Waals surface area contributed by atoms with Crippen LogP contribution in [0.5, 0.6) is 5.75 Å². The van der Waals surface area contributed by atoms with Crippen molar-refractivity contribution in [1.82, 2.24) is 4.98 Å². The monoisotopic (exact) mass is 394 g/mol. The third-order valence-corrected chi connectivity index (χ3v) is 4.84. The van der Waals surface area contributed by atoms with Crippen molar-refractivity contribution in [2.24, 2.45) is 0 Å². The summed E-state index contributed by atoms with van der Waals surface area (Å²) in [6, 6.07) is 20.7. The Labute approximate surface area is 170 Å². The minimum absolute atomic E-state index is 0.182. The number of carbonyl (C=O) groups is 1. The lowest BCUT2D eigenvalue weighted by Crippen LogP contribution is -2.40. The number of pyridine rings is 1. The van der Waals surface area contributed by atoms with Crippen molar-refractivity contribution >= 4 is 23.3 Å². The predicted molar refractivity (Wildman–Crippen MR) is 113 cm³/mol. The number of hydrogen-bond acceptors (Lipinski definition) is 3. The number of ether oxygens (including phenoxy) is 1. The van der Waals surface area contributed by atoms with Gasteiger partial charge in [-0.05, 0) is 54.8 Å². The van der Waals surface area contributed by atoms with Crippen molar-refractivity contribution in [3.63, 3.8) is 0 Å². The second-order valence-corrected chi connectivity index (χ2v) is 6.87. The number of nitrogens with zero attached hydrogens (tertiary/aromatic N) is 2. The van der Waals surface area contributed by atoms with Gasteiger partial charge < -0.3 is 4.74 Å². The van der Waals surface area contributed by atoms with E-state index in [1.165, 1.54) is 5.56 Å². The largest absolute Gasteiger partial charge is 0.481 e. The van der Waals surface area contributed by atoms with Crippen molar-refractivity contribution in [3.8, 4) is 5.75 Å². The highest BCUT2D eigenvalue weighted by molar-refractivity contribution is 6.31. The molecule has 3 aromatic rings. The first-order valence-corrected chi connectivity index (χ1v) is 9.67. The minimum Gasteiger partial charge on any atom is -0.481 e. The Morgan fingerprint density at radius 2 is 1.79 bits per heavy atom. The lowest BCUT2D eigenvalue weighted by molar-refractivity contribution is -0.124. The average molecular weight is 395 g/mol. The van der Waals surface area contributed by atoms with E-state index in [0.717, 1.165) is 12.0 Å². The molecule has 0 aliphatic rings. The van der Waals surface area contributed by atoms with Crippen LogP contribution in [0.15, 0.2) is 72.9 Å². The molecule has 1 amide bonds. The smallest absolute Gasteiger partial charge is 0.269 e. The fourth-order valence-electron chi connectivity index (χ4n) is 2.86. The number of amides is 1. The zero-order chi connectivity index (χ0) is 19.9. The summed E-state index contributed by atoms with van der Waals surface area (Å²) in [5.41, 5.74) is 2.07. The molecule has 1 aromatic heterocycles. The van der Waals surface area contributed by atoms with Crippen molar-refractivity contribution in [2.75, 3.05) is 4.90 Å². The molecule has 0 N–H and O–H groups in total. The molecule has 0 aliphatic heterocycles. The van der Waals surface area contributed by atoms with Gasteiger partial charge in [0.05, 0.1) is 6.54 Å². The van der Waals surface area contributed by atoms with Crippen LogP contribution in [0.4, 0.5) is 5.82 Å². The molecule has 0 saturated heterocycles. The maximum Gasteiger partial charge on any atom is 0.269 e. The van der Waals surface area contributed by atoms with Gasteiger partial charge in [0.2, 0.25) is 0 Å². The van der Waals surface area contributed by atoms with Crippen LogP contribution < -0.4 is 9.64 Å². The van der Waals surface area contributed by atoms with Crippen LogP contribution >= 0.6 is 11.6 Å². The van der Waals surface area contributed by atoms with Gasteiger partial charge in [-0.25, -0.2) is 4.98 Å². The third-order valence-electron chi connectivity index (χ3n) is 4.47. The molecule has 0 radical (unpaired) electrons. The van der Waals surface area contributed by atoms with E-state index in [2.05, 4.69) is 11.9 Å². The molecule has 1 heterocycles. The second-order valence-electron chi connectivity index (χ2n) is 6.46. The van der Waals surface area contributed by atoms with Crippen LogP contribution in [-0.4, -0.2) is 17.0 Å². The van der Waals surface area contributed by atoms with Gasteiger partial charge in [-0.1, -0.05) is 54.9 Å². The summed E-state index contributed by atoms with van der Waals surface area (Å²) in [5, 5.41) is 0.611. The lowest BCUT2D eigenvalue weighted by Gasteiger charge is -2.26. The summed E-state index contributed by atoms with van der Waals surface area (Å²) < 4.78 is 5.89. The first-order valence-electron chi connectivity index (χ1n) is 9.30. The van der Waals surface area contributed by atoms with Gasteiger partial charge >= 0.3 is 0 Å². The van der Waals surface area contributed by atoms with Gasteiger partial charge in [-0.2, -0.15) is 0 Å². The molecule has 144 valence electrons. The zero-order valence-corrected chi connectivity index (χ0v) is 16.8. The number of hydrogen-bond donors (Lipinski definition) is 0. The third kappa shape index (κ3) is 4.90. The van der Waals surface area contributed by atoms with Crippen LogP contribution in [0.1, 0.15) is 25.0 Å². The molecule has 2 aromatic carbocycles. The Hall–Kier alpha value is -2.85. The molecule has 0 fully saturated rings. The Balaban J connectivity index is 1.82. The summed E-state index contributed by atoms with van der Waals surface area (Å²) in [6.45, 7) is 4.16. The Bertz CT molecular complexity index is 913. The van der Waals surface area contributed by atoms with Crippen molar-refractivity contribution in [2.45, 2.75) is 32.9 Å². The van der Waals surface area contributed by atoms with Gasteiger partial charge in [0.25, 0.3) is 5.91 Å². The normalized spacial score (nSPS) is 11.7. The average Bonchev–Trinajstić information content (AvgIpc) is 2.74. The van der Waals surface area contributed by atoms with Gasteiger partial charge in [0.1, 0.15) is 11.6 Å². The summed E-state index contributed by atoms with van der Waals surface area (Å²) >= 11 is 6.31. The van der Waals surface area contributed by atoms with Crippen molar-refractivity contribution < 1.29 is 9.53 Å². The van der Waals surface area contributed by atoms with Crippen LogP contribution in [0.3, 0.4) is 0 Å². The van der Waals surface area contributed by atoms with Crippen LogP contribution in [0, 0.1) is 0 Å². The highest BCUT2D eigenvalue weighted by Gasteiger charge is 2.25. The molecule has 0 saturated carbocycles. The maximum absolute atomic E-state index is 13.2. The summed E-state index contributed by atoms with van der Waals surface area (Å²) in [4.78, 5) is 19.2. The van der Waals surface area contributed by atoms with E-state index in [9.17, 15) is 4.79 Å². The fraction of sp³-hybridized carbons (Fsp3) is 0.217. The van der Waals surface area contributed by atoms with Gasteiger partial charge in [0.15, 0.2) is 6.10 Å². The van der Waals surface area contributed by atoms with E-state index in [0.29, 0.717) is 23.1 Å². The minimum atomic E-state index is -0.669. The number of aryl methyl sites for hydroxylation is 1. The molecule has 5 heteroatoms. The fourth-order valence-corrected chi connectivity index (χ4v) is 3.06. The number of carbonyl (C=O) groups excluding carboxylic acids is 1. The topological polar surface area (TPSA) is 42.4 Å². The van der Waals surface area contributed by atoms with E-state index in [-0.39, 0.29) is 5.91 Å². The molecule has 0 bridgehead atoms. The van der Waals surface area contributed by atoms with E-state index < -0.39 is 6.10 Å². The number of anilines is 1. The van der Waals surface area contributed by atoms with Crippen LogP contribution in [0.2, 0.25) is 5.02 Å². The number of aromatic nitrogens is 1. The molecule has 0 unspecified atom stereocenters. The van der Waals surface area contributed by atoms with E-state index in [1.54, 1.807) is 24.1 Å². The van der Waals surface area contributed by atoms with Crippen LogP contribution in [-0.2, 0) is 17.8 Å². The molecular weight excluding hydrogens is 372 g/mol. The summed E-state index contributed by atoms with van der Waals surface area (Å²) in [5.74, 6) is 1.04. The van der Waals surface area contributed by atoms with Gasteiger partial charge in [-0.3, -0.25) is 9.69 Å².